The van der Waals surface area contributed by atoms with E-state index in [1.165, 1.54) is 6.92 Å². The van der Waals surface area contributed by atoms with Gasteiger partial charge in [0.25, 0.3) is 0 Å². The van der Waals surface area contributed by atoms with Gasteiger partial charge in [-0.15, -0.1) is 0 Å². The minimum Gasteiger partial charge on any atom is -0.425 e. The van der Waals surface area contributed by atoms with Crippen molar-refractivity contribution in [2.45, 2.75) is 53.6 Å². The summed E-state index contributed by atoms with van der Waals surface area (Å²) in [5.41, 5.74) is -0.656. The second kappa shape index (κ2) is 6.44. The average molecular weight is 247 g/mol. The lowest BCUT2D eigenvalue weighted by atomic mass is 9.97. The Morgan fingerprint density at radius 1 is 1.29 bits per heavy atom. The quantitative estimate of drug-likeness (QED) is 0.579. The number of esters is 1. The first-order valence-corrected chi connectivity index (χ1v) is 5.53. The molecule has 0 heterocycles. The maximum absolute atomic E-state index is 11.5. The van der Waals surface area contributed by atoms with Gasteiger partial charge in [0, 0.05) is 6.92 Å². The highest BCUT2D eigenvalue weighted by atomic mass is 16.7. The first kappa shape index (κ1) is 15.7. The molecule has 0 aromatic heterocycles. The molecule has 0 spiro atoms. The Bertz CT molecular complexity index is 272. The topological polar surface area (TPSA) is 84.9 Å². The molecule has 0 rings (SSSR count). The van der Waals surface area contributed by atoms with Crippen LogP contribution in [0.3, 0.4) is 0 Å². The molecule has 0 aliphatic carbocycles. The van der Waals surface area contributed by atoms with Crippen LogP contribution in [0, 0.1) is 5.41 Å². The van der Waals surface area contributed by atoms with Crippen LogP contribution in [0.4, 0.5) is 4.79 Å². The average Bonchev–Trinajstić information content (AvgIpc) is 2.15. The number of hydrogen-bond donors (Lipinski definition) is 2. The first-order valence-electron chi connectivity index (χ1n) is 5.53. The van der Waals surface area contributed by atoms with Gasteiger partial charge in [0.1, 0.15) is 6.23 Å². The van der Waals surface area contributed by atoms with E-state index in [1.54, 1.807) is 27.7 Å². The van der Waals surface area contributed by atoms with Crippen molar-refractivity contribution in [3.05, 3.63) is 0 Å². The van der Waals surface area contributed by atoms with Crippen molar-refractivity contribution in [2.24, 2.45) is 5.41 Å². The number of aliphatic hydroxyl groups is 1. The van der Waals surface area contributed by atoms with Gasteiger partial charge in [-0.3, -0.25) is 10.1 Å². The van der Waals surface area contributed by atoms with E-state index in [-0.39, 0.29) is 0 Å². The minimum absolute atomic E-state index is 0.366. The maximum atomic E-state index is 11.5. The normalized spacial score (nSPS) is 14.7. The summed E-state index contributed by atoms with van der Waals surface area (Å²) in [5, 5.41) is 11.3. The van der Waals surface area contributed by atoms with Crippen molar-refractivity contribution in [2.75, 3.05) is 0 Å². The Labute approximate surface area is 101 Å². The van der Waals surface area contributed by atoms with E-state index in [1.807, 2.05) is 0 Å². The second-order valence-electron chi connectivity index (χ2n) is 4.70. The molecule has 0 radical (unpaired) electrons. The monoisotopic (exact) mass is 247 g/mol. The van der Waals surface area contributed by atoms with Crippen molar-refractivity contribution in [3.8, 4) is 0 Å². The molecule has 0 fully saturated rings. The summed E-state index contributed by atoms with van der Waals surface area (Å²) in [7, 11) is 0. The molecule has 1 amide bonds. The molecule has 6 heteroatoms. The van der Waals surface area contributed by atoms with Crippen LogP contribution < -0.4 is 5.32 Å². The zero-order chi connectivity index (χ0) is 13.6. The van der Waals surface area contributed by atoms with Crippen LogP contribution in [0.15, 0.2) is 0 Å². The van der Waals surface area contributed by atoms with Gasteiger partial charge in [0.2, 0.25) is 6.29 Å². The highest BCUT2D eigenvalue weighted by Crippen LogP contribution is 2.16. The number of carbonyl (C=O) groups is 2. The van der Waals surface area contributed by atoms with E-state index >= 15 is 0 Å². The summed E-state index contributed by atoms with van der Waals surface area (Å²) >= 11 is 0. The lowest BCUT2D eigenvalue weighted by Crippen LogP contribution is -2.38. The van der Waals surface area contributed by atoms with E-state index in [0.29, 0.717) is 6.42 Å². The fourth-order valence-electron chi connectivity index (χ4n) is 0.774. The van der Waals surface area contributed by atoms with Gasteiger partial charge in [-0.25, -0.2) is 4.79 Å². The molecule has 2 N–H and O–H groups in total. The molecule has 0 bridgehead atoms. The van der Waals surface area contributed by atoms with Crippen molar-refractivity contribution >= 4 is 12.1 Å². The fraction of sp³-hybridized carbons (Fsp3) is 0.818. The maximum Gasteiger partial charge on any atom is 0.412 e. The number of alkyl carbamates (subject to hydrolysis) is 1. The van der Waals surface area contributed by atoms with E-state index in [2.05, 4.69) is 5.32 Å². The van der Waals surface area contributed by atoms with Gasteiger partial charge in [-0.05, 0) is 27.2 Å². The molecule has 2 unspecified atom stereocenters. The molecule has 6 nitrogen and oxygen atoms in total. The van der Waals surface area contributed by atoms with E-state index in [9.17, 15) is 9.59 Å². The molecule has 0 aliphatic rings. The van der Waals surface area contributed by atoms with Gasteiger partial charge in [-0.2, -0.15) is 0 Å². The number of rotatable bonds is 4. The summed E-state index contributed by atoms with van der Waals surface area (Å²) in [4.78, 5) is 22.6. The van der Waals surface area contributed by atoms with Crippen molar-refractivity contribution in [1.29, 1.82) is 0 Å². The lowest BCUT2D eigenvalue weighted by Gasteiger charge is -2.21. The molecule has 0 saturated heterocycles. The summed E-state index contributed by atoms with van der Waals surface area (Å²) in [5.74, 6) is -0.464. The lowest BCUT2D eigenvalue weighted by molar-refractivity contribution is -0.174. The summed E-state index contributed by atoms with van der Waals surface area (Å²) in [6.07, 6.45) is -2.42. The van der Waals surface area contributed by atoms with E-state index < -0.39 is 30.0 Å². The third kappa shape index (κ3) is 6.78. The van der Waals surface area contributed by atoms with Crippen LogP contribution in [0.1, 0.15) is 41.0 Å². The van der Waals surface area contributed by atoms with Gasteiger partial charge in [-0.1, -0.05) is 6.92 Å². The molecule has 2 atom stereocenters. The Hall–Kier alpha value is -1.30. The number of amides is 1. The molecule has 0 saturated carbocycles. The molecule has 0 aromatic rings. The summed E-state index contributed by atoms with van der Waals surface area (Å²) < 4.78 is 9.63. The SMILES string of the molecule is CCC(O)NC(=O)OC(C)OC(=O)C(C)(C)C. The number of carbonyl (C=O) groups excluding carboxylic acids is 2. The van der Waals surface area contributed by atoms with Crippen molar-refractivity contribution in [3.63, 3.8) is 0 Å². The minimum atomic E-state index is -0.995. The molecular formula is C11H21NO5. The third-order valence-electron chi connectivity index (χ3n) is 1.83. The van der Waals surface area contributed by atoms with Crippen LogP contribution in [0.2, 0.25) is 0 Å². The Morgan fingerprint density at radius 3 is 2.24 bits per heavy atom. The molecule has 0 aromatic carbocycles. The fourth-order valence-corrected chi connectivity index (χ4v) is 0.774. The van der Waals surface area contributed by atoms with Gasteiger partial charge in [0.15, 0.2) is 0 Å². The van der Waals surface area contributed by atoms with Gasteiger partial charge in [0.05, 0.1) is 5.41 Å². The number of nitrogens with one attached hydrogen (secondary N) is 1. The molecule has 17 heavy (non-hydrogen) atoms. The largest absolute Gasteiger partial charge is 0.425 e. The molecule has 0 aliphatic heterocycles. The van der Waals surface area contributed by atoms with Crippen molar-refractivity contribution < 1.29 is 24.2 Å². The predicted octanol–water partition coefficient (Wildman–Crippen LogP) is 1.38. The Kier molecular flexibility index (Phi) is 5.95. The standard InChI is InChI=1S/C11H21NO5/c1-6-8(13)12-10(15)17-7(2)16-9(14)11(3,4)5/h7-8,13H,6H2,1-5H3,(H,12,15). The van der Waals surface area contributed by atoms with Gasteiger partial charge >= 0.3 is 12.1 Å². The van der Waals surface area contributed by atoms with Crippen LogP contribution in [0.25, 0.3) is 0 Å². The Morgan fingerprint density at radius 2 is 1.82 bits per heavy atom. The highest BCUT2D eigenvalue weighted by Gasteiger charge is 2.26. The van der Waals surface area contributed by atoms with Crippen molar-refractivity contribution in [1.82, 2.24) is 5.32 Å². The Balaban J connectivity index is 4.06. The summed E-state index contributed by atoms with van der Waals surface area (Å²) in [6, 6.07) is 0. The zero-order valence-corrected chi connectivity index (χ0v) is 10.9. The number of aliphatic hydroxyl groups excluding tert-OH is 1. The molecule has 100 valence electrons. The smallest absolute Gasteiger partial charge is 0.412 e. The summed E-state index contributed by atoms with van der Waals surface area (Å²) in [6.45, 7) is 8.23. The predicted molar refractivity (Wildman–Crippen MR) is 60.9 cm³/mol. The van der Waals surface area contributed by atoms with Gasteiger partial charge < -0.3 is 14.6 Å². The highest BCUT2D eigenvalue weighted by molar-refractivity contribution is 5.75. The van der Waals surface area contributed by atoms with Crippen LogP contribution >= 0.6 is 0 Å². The number of hydrogen-bond acceptors (Lipinski definition) is 5. The zero-order valence-electron chi connectivity index (χ0n) is 10.9. The van der Waals surface area contributed by atoms with Crippen LogP contribution in [-0.4, -0.2) is 29.7 Å². The first-order chi connectivity index (χ1) is 7.66. The third-order valence-corrected chi connectivity index (χ3v) is 1.83. The molecular weight excluding hydrogens is 226 g/mol. The second-order valence-corrected chi connectivity index (χ2v) is 4.70. The van der Waals surface area contributed by atoms with E-state index in [4.69, 9.17) is 14.6 Å². The van der Waals surface area contributed by atoms with Crippen LogP contribution in [-0.2, 0) is 14.3 Å². The number of ether oxygens (including phenoxy) is 2. The van der Waals surface area contributed by atoms with E-state index in [0.717, 1.165) is 0 Å². The van der Waals surface area contributed by atoms with Crippen LogP contribution in [0.5, 0.6) is 0 Å².